The monoisotopic (exact) mass is 493 g/mol. The van der Waals surface area contributed by atoms with Crippen molar-refractivity contribution in [3.63, 3.8) is 0 Å². The van der Waals surface area contributed by atoms with Gasteiger partial charge in [0, 0.05) is 22.0 Å². The van der Waals surface area contributed by atoms with E-state index < -0.39 is 11.6 Å². The number of rotatable bonds is 4. The summed E-state index contributed by atoms with van der Waals surface area (Å²) in [5.41, 5.74) is -2.99. The highest BCUT2D eigenvalue weighted by molar-refractivity contribution is 8.15. The Morgan fingerprint density at radius 1 is 1.20 bits per heavy atom. The van der Waals surface area contributed by atoms with Crippen LogP contribution in [-0.4, -0.2) is 28.1 Å². The molecule has 30 heavy (non-hydrogen) atoms. The van der Waals surface area contributed by atoms with Crippen LogP contribution in [0.4, 0.5) is 25.0 Å². The quantitative estimate of drug-likeness (QED) is 0.462. The van der Waals surface area contributed by atoms with Crippen molar-refractivity contribution < 1.29 is 18.3 Å². The van der Waals surface area contributed by atoms with Gasteiger partial charge in [0.25, 0.3) is 0 Å². The van der Waals surface area contributed by atoms with Crippen molar-refractivity contribution in [2.45, 2.75) is 24.2 Å². The minimum absolute atomic E-state index is 0.148. The van der Waals surface area contributed by atoms with Crippen LogP contribution in [0, 0.1) is 0 Å². The number of nitrogens with one attached hydrogen (secondary N) is 1. The highest BCUT2D eigenvalue weighted by atomic mass is 35.5. The third-order valence-electron chi connectivity index (χ3n) is 3.86. The molecule has 1 aliphatic heterocycles. The van der Waals surface area contributed by atoms with Crippen molar-refractivity contribution in [3.05, 3.63) is 52.5 Å². The zero-order chi connectivity index (χ0) is 22.1. The number of halogens is 5. The summed E-state index contributed by atoms with van der Waals surface area (Å²) in [5, 5.41) is 3.86. The number of carbonyl (C=O) groups excluding carboxylic acids is 1. The van der Waals surface area contributed by atoms with Gasteiger partial charge in [0.05, 0.1) is 22.3 Å². The second-order valence-electron chi connectivity index (χ2n) is 6.90. The lowest BCUT2D eigenvalue weighted by Crippen LogP contribution is -2.38. The number of hydrogen-bond donors (Lipinski definition) is 1. The molecule has 1 N–H and O–H groups in total. The molecule has 3 rings (SSSR count). The van der Waals surface area contributed by atoms with Crippen molar-refractivity contribution in [1.82, 2.24) is 0 Å². The first kappa shape index (κ1) is 22.9. The van der Waals surface area contributed by atoms with Crippen molar-refractivity contribution in [2.24, 2.45) is 4.99 Å². The Morgan fingerprint density at radius 2 is 1.87 bits per heavy atom. The predicted octanol–water partition coefficient (Wildman–Crippen LogP) is 7.08. The van der Waals surface area contributed by atoms with Gasteiger partial charge in [-0.15, -0.1) is 8.78 Å². The summed E-state index contributed by atoms with van der Waals surface area (Å²) < 4.78 is 29.8. The Kier molecular flexibility index (Phi) is 6.72. The van der Waals surface area contributed by atoms with Gasteiger partial charge >= 0.3 is 11.6 Å². The first-order chi connectivity index (χ1) is 13.9. The van der Waals surface area contributed by atoms with Crippen molar-refractivity contribution in [3.8, 4) is 5.75 Å². The maximum absolute atomic E-state index is 13.1. The minimum Gasteiger partial charge on any atom is -0.420 e. The highest BCUT2D eigenvalue weighted by Gasteiger charge is 2.34. The van der Waals surface area contributed by atoms with Crippen LogP contribution in [0.2, 0.25) is 10.0 Å². The number of aliphatic imine (C=N–C) groups is 1. The largest absolute Gasteiger partial charge is 0.487 e. The summed E-state index contributed by atoms with van der Waals surface area (Å²) in [5.74, 6) is -0.148. The Hall–Kier alpha value is -1.74. The molecular weight excluding hydrogens is 479 g/mol. The van der Waals surface area contributed by atoms with Gasteiger partial charge in [0.2, 0.25) is 0 Å². The fraction of sp³-hybridized carbons (Fsp3) is 0.263. The maximum atomic E-state index is 13.1. The average molecular weight is 495 g/mol. The molecule has 0 atom stereocenters. The molecular formula is C19H16Cl3F2N3O2S. The van der Waals surface area contributed by atoms with Gasteiger partial charge in [-0.1, -0.05) is 35.0 Å². The molecule has 0 aromatic heterocycles. The molecule has 1 aliphatic rings. The van der Waals surface area contributed by atoms with Crippen LogP contribution in [0.3, 0.4) is 0 Å². The van der Waals surface area contributed by atoms with Gasteiger partial charge in [-0.2, -0.15) is 0 Å². The van der Waals surface area contributed by atoms with E-state index in [2.05, 4.69) is 15.0 Å². The SMILES string of the molecule is CC1(C)CN=C(N(C(=O)Nc2ccc(Cl)c(Cl)c2)c2ccc(OC(F)(F)Cl)cc2)S1. The fourth-order valence-corrected chi connectivity index (χ4v) is 3.97. The number of ether oxygens (including phenoxy) is 1. The maximum Gasteiger partial charge on any atom is 0.487 e. The fourth-order valence-electron chi connectivity index (χ4n) is 2.55. The van der Waals surface area contributed by atoms with E-state index >= 15 is 0 Å². The van der Waals surface area contributed by atoms with Gasteiger partial charge in [-0.05, 0) is 56.3 Å². The number of benzene rings is 2. The zero-order valence-electron chi connectivity index (χ0n) is 15.8. The number of anilines is 2. The first-order valence-corrected chi connectivity index (χ1v) is 10.5. The number of amidine groups is 1. The molecule has 0 unspecified atom stereocenters. The average Bonchev–Trinajstić information content (AvgIpc) is 2.98. The Morgan fingerprint density at radius 3 is 2.40 bits per heavy atom. The Bertz CT molecular complexity index is 982. The van der Waals surface area contributed by atoms with Crippen molar-refractivity contribution in [1.29, 1.82) is 0 Å². The van der Waals surface area contributed by atoms with Crippen LogP contribution in [0.15, 0.2) is 47.5 Å². The molecule has 1 heterocycles. The number of hydrogen-bond acceptors (Lipinski definition) is 4. The van der Waals surface area contributed by atoms with E-state index in [-0.39, 0.29) is 10.5 Å². The molecule has 2 amide bonds. The second kappa shape index (κ2) is 8.78. The molecule has 0 saturated carbocycles. The summed E-state index contributed by atoms with van der Waals surface area (Å²) in [7, 11) is 0. The molecule has 0 saturated heterocycles. The molecule has 5 nitrogen and oxygen atoms in total. The lowest BCUT2D eigenvalue weighted by molar-refractivity contribution is -0.0964. The predicted molar refractivity (Wildman–Crippen MR) is 120 cm³/mol. The third kappa shape index (κ3) is 5.91. The third-order valence-corrected chi connectivity index (χ3v) is 5.85. The van der Waals surface area contributed by atoms with Crippen molar-refractivity contribution >= 4 is 69.1 Å². The van der Waals surface area contributed by atoms with E-state index in [4.69, 9.17) is 34.8 Å². The van der Waals surface area contributed by atoms with Crippen molar-refractivity contribution in [2.75, 3.05) is 16.8 Å². The number of thioether (sulfide) groups is 1. The van der Waals surface area contributed by atoms with E-state index in [0.29, 0.717) is 33.1 Å². The van der Waals surface area contributed by atoms with Crippen LogP contribution >= 0.6 is 46.6 Å². The Balaban J connectivity index is 1.89. The highest BCUT2D eigenvalue weighted by Crippen LogP contribution is 2.36. The molecule has 160 valence electrons. The van der Waals surface area contributed by atoms with Gasteiger partial charge in [0.1, 0.15) is 5.75 Å². The van der Waals surface area contributed by atoms with E-state index in [1.54, 1.807) is 12.1 Å². The lowest BCUT2D eigenvalue weighted by atomic mass is 10.2. The van der Waals surface area contributed by atoms with Gasteiger partial charge in [-0.3, -0.25) is 4.99 Å². The molecule has 11 heteroatoms. The summed E-state index contributed by atoms with van der Waals surface area (Å²) >= 11 is 18.2. The first-order valence-electron chi connectivity index (χ1n) is 8.59. The smallest absolute Gasteiger partial charge is 0.420 e. The number of nitrogens with zero attached hydrogens (tertiary/aromatic N) is 2. The minimum atomic E-state index is -3.83. The van der Waals surface area contributed by atoms with E-state index in [1.807, 2.05) is 13.8 Å². The molecule has 2 aromatic rings. The van der Waals surface area contributed by atoms with Gasteiger partial charge in [0.15, 0.2) is 5.17 Å². The number of alkyl halides is 3. The lowest BCUT2D eigenvalue weighted by Gasteiger charge is -2.24. The van der Waals surface area contributed by atoms with E-state index in [9.17, 15) is 13.6 Å². The zero-order valence-corrected chi connectivity index (χ0v) is 18.8. The molecule has 0 aliphatic carbocycles. The normalized spacial score (nSPS) is 15.5. The van der Waals surface area contributed by atoms with Gasteiger partial charge < -0.3 is 10.1 Å². The summed E-state index contributed by atoms with van der Waals surface area (Å²) in [6, 6.07) is 9.68. The van der Waals surface area contributed by atoms with Crippen LogP contribution < -0.4 is 15.0 Å². The standard InChI is InChI=1S/C19H16Cl3F2N3O2S/c1-18(2)10-25-17(30-18)27(12-4-6-13(7-5-12)29-19(22,23)24)16(28)26-11-3-8-14(20)15(21)9-11/h3-9H,10H2,1-2H3,(H,26,28). The summed E-state index contributed by atoms with van der Waals surface area (Å²) in [4.78, 5) is 18.9. The molecule has 2 aromatic carbocycles. The second-order valence-corrected chi connectivity index (χ2v) is 9.83. The van der Waals surface area contributed by atoms with E-state index in [1.165, 1.54) is 47.0 Å². The molecule has 0 bridgehead atoms. The molecule has 0 spiro atoms. The topological polar surface area (TPSA) is 53.9 Å². The summed E-state index contributed by atoms with van der Waals surface area (Å²) in [6.07, 6.45) is 0. The van der Waals surface area contributed by atoms with Crippen LogP contribution in [0.25, 0.3) is 0 Å². The number of carbonyl (C=O) groups is 1. The van der Waals surface area contributed by atoms with Crippen LogP contribution in [0.1, 0.15) is 13.8 Å². The van der Waals surface area contributed by atoms with E-state index in [0.717, 1.165) is 0 Å². The van der Waals surface area contributed by atoms with Crippen LogP contribution in [-0.2, 0) is 0 Å². The molecule has 0 fully saturated rings. The Labute approximate surface area is 191 Å². The number of amides is 2. The van der Waals surface area contributed by atoms with Gasteiger partial charge in [-0.25, -0.2) is 9.69 Å². The van der Waals surface area contributed by atoms with Crippen LogP contribution in [0.5, 0.6) is 5.75 Å². The molecule has 0 radical (unpaired) electrons. The summed E-state index contributed by atoms with van der Waals surface area (Å²) in [6.45, 7) is 4.52. The number of urea groups is 1.